The molecule has 2 aromatic carbocycles. The van der Waals surface area contributed by atoms with Crippen LogP contribution in [0.2, 0.25) is 0 Å². The van der Waals surface area contributed by atoms with E-state index in [1.54, 1.807) is 24.3 Å². The van der Waals surface area contributed by atoms with Crippen LogP contribution in [0.5, 0.6) is 0 Å². The molecule has 0 heterocycles. The number of carbonyl (C=O) groups excluding carboxylic acids is 1. The van der Waals surface area contributed by atoms with E-state index in [1.807, 2.05) is 44.2 Å². The van der Waals surface area contributed by atoms with Gasteiger partial charge in [0.15, 0.2) is 9.84 Å². The van der Waals surface area contributed by atoms with Gasteiger partial charge in [-0.15, -0.1) is 0 Å². The molecule has 0 saturated heterocycles. The Morgan fingerprint density at radius 1 is 1.00 bits per heavy atom. The Hall–Kier alpha value is -2.18. The third-order valence-corrected chi connectivity index (χ3v) is 4.53. The van der Waals surface area contributed by atoms with Crippen LogP contribution in [0.4, 0.5) is 0 Å². The lowest BCUT2D eigenvalue weighted by molar-refractivity contribution is 0.0617. The molecule has 0 spiro atoms. The lowest BCUT2D eigenvalue weighted by Gasteiger charge is -2.26. The van der Waals surface area contributed by atoms with Crippen molar-refractivity contribution in [2.75, 3.05) is 12.9 Å². The zero-order valence-corrected chi connectivity index (χ0v) is 16.2. The van der Waals surface area contributed by atoms with Gasteiger partial charge < -0.3 is 10.1 Å². The van der Waals surface area contributed by atoms with E-state index >= 15 is 0 Å². The Morgan fingerprint density at radius 3 is 2.19 bits per heavy atom. The van der Waals surface area contributed by atoms with Crippen LogP contribution in [0.3, 0.4) is 0 Å². The van der Waals surface area contributed by atoms with Crippen LogP contribution in [0.15, 0.2) is 54.6 Å². The molecule has 5 nitrogen and oxygen atoms in total. The van der Waals surface area contributed by atoms with Crippen LogP contribution in [0, 0.1) is 0 Å². The zero-order valence-electron chi connectivity index (χ0n) is 15.4. The molecule has 1 N–H and O–H groups in total. The molecule has 2 aromatic rings. The van der Waals surface area contributed by atoms with Crippen LogP contribution >= 0.6 is 0 Å². The highest BCUT2D eigenvalue weighted by Crippen LogP contribution is 2.11. The van der Waals surface area contributed by atoms with Crippen molar-refractivity contribution in [3.05, 3.63) is 71.3 Å². The van der Waals surface area contributed by atoms with Gasteiger partial charge in [-0.2, -0.15) is 0 Å². The molecule has 0 aliphatic rings. The summed E-state index contributed by atoms with van der Waals surface area (Å²) < 4.78 is 28.3. The standard InChI is InChI=1S/C20H25NO4S/c1-20(2,15-25-13-16-7-5-4-6-8-16)21-19(22)18-11-9-17(10-12-18)14-26(3,23)24/h4-12H,13-15H2,1-3H3,(H,21,22). The molecular formula is C20H25NO4S. The number of amides is 1. The second-order valence-electron chi connectivity index (χ2n) is 7.08. The van der Waals surface area contributed by atoms with Gasteiger partial charge in [0.2, 0.25) is 0 Å². The Bertz CT molecular complexity index is 828. The Kier molecular flexibility index (Phi) is 6.56. The van der Waals surface area contributed by atoms with E-state index in [0.717, 1.165) is 5.56 Å². The van der Waals surface area contributed by atoms with Crippen LogP contribution in [-0.2, 0) is 26.9 Å². The highest BCUT2D eigenvalue weighted by atomic mass is 32.2. The highest BCUT2D eigenvalue weighted by molar-refractivity contribution is 7.89. The molecule has 0 radical (unpaired) electrons. The minimum absolute atomic E-state index is 0.0340. The van der Waals surface area contributed by atoms with E-state index in [4.69, 9.17) is 4.74 Å². The van der Waals surface area contributed by atoms with Crippen molar-refractivity contribution in [3.8, 4) is 0 Å². The molecule has 0 atom stereocenters. The maximum absolute atomic E-state index is 12.4. The average Bonchev–Trinajstić information content (AvgIpc) is 2.54. The van der Waals surface area contributed by atoms with Gasteiger partial charge in [0.25, 0.3) is 5.91 Å². The molecule has 1 amide bonds. The maximum atomic E-state index is 12.4. The lowest BCUT2D eigenvalue weighted by atomic mass is 10.1. The maximum Gasteiger partial charge on any atom is 0.251 e. The Morgan fingerprint density at radius 2 is 1.62 bits per heavy atom. The normalized spacial score (nSPS) is 12.0. The predicted octanol–water partition coefficient (Wildman–Crippen LogP) is 2.96. The van der Waals surface area contributed by atoms with Crippen molar-refractivity contribution < 1.29 is 17.9 Å². The minimum Gasteiger partial charge on any atom is -0.374 e. The largest absolute Gasteiger partial charge is 0.374 e. The average molecular weight is 375 g/mol. The number of hydrogen-bond donors (Lipinski definition) is 1. The second-order valence-corrected chi connectivity index (χ2v) is 9.22. The SMILES string of the molecule is CC(C)(COCc1ccccc1)NC(=O)c1ccc(CS(C)(=O)=O)cc1. The Balaban J connectivity index is 1.88. The summed E-state index contributed by atoms with van der Waals surface area (Å²) >= 11 is 0. The number of ether oxygens (including phenoxy) is 1. The van der Waals surface area contributed by atoms with Gasteiger partial charge in [-0.3, -0.25) is 4.79 Å². The molecular weight excluding hydrogens is 350 g/mol. The summed E-state index contributed by atoms with van der Waals surface area (Å²) in [6, 6.07) is 16.4. The van der Waals surface area contributed by atoms with E-state index < -0.39 is 15.4 Å². The van der Waals surface area contributed by atoms with E-state index in [9.17, 15) is 13.2 Å². The molecule has 6 heteroatoms. The van der Waals surface area contributed by atoms with Gasteiger partial charge in [-0.25, -0.2) is 8.42 Å². The lowest BCUT2D eigenvalue weighted by Crippen LogP contribution is -2.47. The van der Waals surface area contributed by atoms with Crippen molar-refractivity contribution in [3.63, 3.8) is 0 Å². The number of sulfone groups is 1. The number of hydrogen-bond acceptors (Lipinski definition) is 4. The fraction of sp³-hybridized carbons (Fsp3) is 0.350. The summed E-state index contributed by atoms with van der Waals surface area (Å²) in [7, 11) is -3.09. The molecule has 140 valence electrons. The molecule has 0 aliphatic carbocycles. The monoisotopic (exact) mass is 375 g/mol. The summed E-state index contributed by atoms with van der Waals surface area (Å²) in [6.45, 7) is 4.65. The van der Waals surface area contributed by atoms with Crippen LogP contribution in [0.25, 0.3) is 0 Å². The topological polar surface area (TPSA) is 72.5 Å². The predicted molar refractivity (Wildman–Crippen MR) is 103 cm³/mol. The number of benzene rings is 2. The second kappa shape index (κ2) is 8.47. The molecule has 0 fully saturated rings. The molecule has 0 unspecified atom stereocenters. The van der Waals surface area contributed by atoms with E-state index in [0.29, 0.717) is 24.3 Å². The van der Waals surface area contributed by atoms with Gasteiger partial charge in [0.05, 0.1) is 24.5 Å². The van der Waals surface area contributed by atoms with Gasteiger partial charge in [0, 0.05) is 11.8 Å². The van der Waals surface area contributed by atoms with Gasteiger partial charge in [-0.1, -0.05) is 42.5 Å². The number of carbonyl (C=O) groups is 1. The quantitative estimate of drug-likeness (QED) is 0.770. The number of nitrogens with one attached hydrogen (secondary N) is 1. The van der Waals surface area contributed by atoms with Crippen molar-refractivity contribution in [1.29, 1.82) is 0 Å². The molecule has 0 bridgehead atoms. The van der Waals surface area contributed by atoms with Crippen LogP contribution in [0.1, 0.15) is 35.3 Å². The van der Waals surface area contributed by atoms with Gasteiger partial charge in [-0.05, 0) is 37.1 Å². The van der Waals surface area contributed by atoms with E-state index in [-0.39, 0.29) is 11.7 Å². The summed E-state index contributed by atoms with van der Waals surface area (Å²) in [6.07, 6.45) is 1.19. The van der Waals surface area contributed by atoms with Crippen molar-refractivity contribution in [2.24, 2.45) is 0 Å². The van der Waals surface area contributed by atoms with Crippen LogP contribution in [-0.4, -0.2) is 32.7 Å². The van der Waals surface area contributed by atoms with E-state index in [1.165, 1.54) is 6.26 Å². The van der Waals surface area contributed by atoms with Crippen molar-refractivity contribution >= 4 is 15.7 Å². The Labute approximate surface area is 155 Å². The van der Waals surface area contributed by atoms with Crippen LogP contribution < -0.4 is 5.32 Å². The van der Waals surface area contributed by atoms with Gasteiger partial charge >= 0.3 is 0 Å². The van der Waals surface area contributed by atoms with Gasteiger partial charge in [0.1, 0.15) is 0 Å². The van der Waals surface area contributed by atoms with Crippen molar-refractivity contribution in [1.82, 2.24) is 5.32 Å². The third-order valence-electron chi connectivity index (χ3n) is 3.67. The first-order chi connectivity index (χ1) is 12.1. The summed E-state index contributed by atoms with van der Waals surface area (Å²) in [5.41, 5.74) is 1.70. The third kappa shape index (κ3) is 6.98. The first kappa shape index (κ1) is 20.1. The summed E-state index contributed by atoms with van der Waals surface area (Å²) in [5, 5.41) is 2.94. The first-order valence-electron chi connectivity index (χ1n) is 8.35. The molecule has 0 saturated carbocycles. The molecule has 0 aromatic heterocycles. The summed E-state index contributed by atoms with van der Waals surface area (Å²) in [5.74, 6) is -0.252. The van der Waals surface area contributed by atoms with Crippen molar-refractivity contribution in [2.45, 2.75) is 31.7 Å². The smallest absolute Gasteiger partial charge is 0.251 e. The zero-order chi connectivity index (χ0) is 19.2. The molecule has 26 heavy (non-hydrogen) atoms. The fourth-order valence-corrected chi connectivity index (χ4v) is 3.27. The fourth-order valence-electron chi connectivity index (χ4n) is 2.47. The first-order valence-corrected chi connectivity index (χ1v) is 10.4. The molecule has 2 rings (SSSR count). The summed E-state index contributed by atoms with van der Waals surface area (Å²) in [4.78, 5) is 12.4. The highest BCUT2D eigenvalue weighted by Gasteiger charge is 2.21. The van der Waals surface area contributed by atoms with E-state index in [2.05, 4.69) is 5.32 Å². The molecule has 0 aliphatic heterocycles. The minimum atomic E-state index is -3.09. The number of rotatable bonds is 8.